The quantitative estimate of drug-likeness (QED) is 0.317. The third-order valence-electron chi connectivity index (χ3n) is 8.19. The molecule has 1 unspecified atom stereocenters. The third-order valence-corrected chi connectivity index (χ3v) is 8.88. The van der Waals surface area contributed by atoms with Crippen LogP contribution in [0, 0.1) is 5.82 Å². The van der Waals surface area contributed by atoms with Crippen LogP contribution in [-0.2, 0) is 24.3 Å². The predicted molar refractivity (Wildman–Crippen MR) is 154 cm³/mol. The first kappa shape index (κ1) is 27.1. The first-order valence-electron chi connectivity index (χ1n) is 14.0. The number of fused-ring (bicyclic) bond motifs is 2. The number of amides is 3. The fourth-order valence-electron chi connectivity index (χ4n) is 6.08. The van der Waals surface area contributed by atoms with E-state index >= 15 is 4.39 Å². The van der Waals surface area contributed by atoms with Gasteiger partial charge in [0.2, 0.25) is 0 Å². The van der Waals surface area contributed by atoms with Crippen molar-refractivity contribution in [2.45, 2.75) is 44.5 Å². The number of aryl methyl sites for hydroxylation is 1. The molecule has 43 heavy (non-hydrogen) atoms. The zero-order chi connectivity index (χ0) is 29.7. The van der Waals surface area contributed by atoms with Gasteiger partial charge in [-0.15, -0.1) is 11.3 Å². The Morgan fingerprint density at radius 3 is 2.72 bits per heavy atom. The number of carbonyl (C=O) groups is 3. The zero-order valence-electron chi connectivity index (χ0n) is 22.9. The number of aromatic nitrogens is 3. The number of benzene rings is 2. The molecule has 0 bridgehead atoms. The van der Waals surface area contributed by atoms with Crippen LogP contribution >= 0.6 is 11.3 Å². The number of anilines is 1. The van der Waals surface area contributed by atoms with E-state index in [0.717, 1.165) is 25.1 Å². The van der Waals surface area contributed by atoms with Crippen LogP contribution in [0.3, 0.4) is 0 Å². The summed E-state index contributed by atoms with van der Waals surface area (Å²) in [5.74, 6) is -0.850. The van der Waals surface area contributed by atoms with Crippen LogP contribution in [0.1, 0.15) is 46.2 Å². The van der Waals surface area contributed by atoms with Gasteiger partial charge in [0.05, 0.1) is 25.1 Å². The Morgan fingerprint density at radius 1 is 1.14 bits per heavy atom. The summed E-state index contributed by atoms with van der Waals surface area (Å²) in [7, 11) is 0. The van der Waals surface area contributed by atoms with Crippen LogP contribution in [0.4, 0.5) is 14.3 Å². The van der Waals surface area contributed by atoms with Crippen molar-refractivity contribution in [2.24, 2.45) is 0 Å². The Bertz CT molecular complexity index is 1720. The molecule has 0 spiro atoms. The first-order valence-corrected chi connectivity index (χ1v) is 14.9. The van der Waals surface area contributed by atoms with Crippen molar-refractivity contribution < 1.29 is 28.6 Å². The molecule has 0 saturated carbocycles. The molecule has 2 atom stereocenters. The van der Waals surface area contributed by atoms with E-state index in [1.165, 1.54) is 27.2 Å². The lowest BCUT2D eigenvalue weighted by Crippen LogP contribution is -2.38. The molecule has 7 rings (SSSR count). The number of thiazole rings is 1. The molecule has 2 aromatic heterocycles. The largest absolute Gasteiger partial charge is 0.489 e. The third kappa shape index (κ3) is 4.99. The highest BCUT2D eigenvalue weighted by Gasteiger charge is 2.42. The van der Waals surface area contributed by atoms with E-state index in [4.69, 9.17) is 9.84 Å². The van der Waals surface area contributed by atoms with Gasteiger partial charge in [0.15, 0.2) is 11.2 Å². The van der Waals surface area contributed by atoms with Gasteiger partial charge in [-0.2, -0.15) is 0 Å². The first-order chi connectivity index (χ1) is 20.9. The molecule has 3 aliphatic heterocycles. The Labute approximate surface area is 249 Å². The molecule has 4 aromatic rings. The number of carboxylic acid groups (broad SMARTS) is 1. The number of hydrogen-bond donors (Lipinski definition) is 2. The summed E-state index contributed by atoms with van der Waals surface area (Å²) in [5.41, 5.74) is 3.04. The molecular formula is C30H27FN6O5S. The van der Waals surface area contributed by atoms with E-state index in [9.17, 15) is 14.4 Å². The molecule has 0 radical (unpaired) electrons. The van der Waals surface area contributed by atoms with Gasteiger partial charge in [-0.05, 0) is 48.2 Å². The van der Waals surface area contributed by atoms with Crippen molar-refractivity contribution in [1.29, 1.82) is 0 Å². The number of imidazole rings is 1. The van der Waals surface area contributed by atoms with Crippen LogP contribution in [0.5, 0.6) is 5.75 Å². The topological polar surface area (TPSA) is 130 Å². The van der Waals surface area contributed by atoms with Crippen molar-refractivity contribution in [3.63, 3.8) is 0 Å². The minimum atomic E-state index is -1.05. The summed E-state index contributed by atoms with van der Waals surface area (Å²) in [5, 5.41) is 14.1. The van der Waals surface area contributed by atoms with E-state index in [0.29, 0.717) is 47.2 Å². The predicted octanol–water partition coefficient (Wildman–Crippen LogP) is 4.56. The maximum atomic E-state index is 15.6. The number of hydrogen-bond acceptors (Lipinski definition) is 7. The number of ether oxygens (including phenoxy) is 1. The smallest absolute Gasteiger partial charge is 0.407 e. The van der Waals surface area contributed by atoms with Gasteiger partial charge in [-0.25, -0.2) is 19.2 Å². The molecule has 220 valence electrons. The van der Waals surface area contributed by atoms with Crippen LogP contribution in [-0.4, -0.2) is 66.5 Å². The summed E-state index contributed by atoms with van der Waals surface area (Å²) in [6.07, 6.45) is 4.33. The van der Waals surface area contributed by atoms with Crippen molar-refractivity contribution in [1.82, 2.24) is 24.3 Å². The van der Waals surface area contributed by atoms with E-state index < -0.39 is 29.8 Å². The second-order valence-electron chi connectivity index (χ2n) is 10.8. The molecule has 0 aliphatic carbocycles. The number of rotatable bonds is 7. The van der Waals surface area contributed by atoms with Gasteiger partial charge in [0, 0.05) is 47.9 Å². The van der Waals surface area contributed by atoms with E-state index in [1.54, 1.807) is 48.2 Å². The lowest BCUT2D eigenvalue weighted by molar-refractivity contribution is -0.121. The van der Waals surface area contributed by atoms with Gasteiger partial charge in [0.25, 0.3) is 11.8 Å². The second-order valence-corrected chi connectivity index (χ2v) is 11.7. The summed E-state index contributed by atoms with van der Waals surface area (Å²) >= 11 is 1.27. The van der Waals surface area contributed by atoms with E-state index in [-0.39, 0.29) is 23.8 Å². The van der Waals surface area contributed by atoms with Crippen LogP contribution in [0.25, 0.3) is 11.1 Å². The molecule has 11 nitrogen and oxygen atoms in total. The molecule has 13 heteroatoms. The SMILES string of the molecule is O=C(Nc1nccs1)C(c1ncn2c1CCC2)N1Cc2c(F)cc(-c3ccc(O[C@H]4CCN(C(=O)O)C4)cc3)cc2C1=O. The maximum Gasteiger partial charge on any atom is 0.407 e. The molecule has 1 fully saturated rings. The van der Waals surface area contributed by atoms with E-state index in [2.05, 4.69) is 15.3 Å². The van der Waals surface area contributed by atoms with Crippen molar-refractivity contribution in [3.8, 4) is 16.9 Å². The van der Waals surface area contributed by atoms with Crippen molar-refractivity contribution >= 4 is 34.4 Å². The van der Waals surface area contributed by atoms with Gasteiger partial charge in [0.1, 0.15) is 17.7 Å². The molecule has 2 aromatic carbocycles. The summed E-state index contributed by atoms with van der Waals surface area (Å²) < 4.78 is 23.5. The Morgan fingerprint density at radius 2 is 1.98 bits per heavy atom. The highest BCUT2D eigenvalue weighted by Crippen LogP contribution is 2.38. The summed E-state index contributed by atoms with van der Waals surface area (Å²) in [6, 6.07) is 9.04. The van der Waals surface area contributed by atoms with E-state index in [1.807, 2.05) is 4.57 Å². The molecule has 2 N–H and O–H groups in total. The molecule has 3 amide bonds. The molecule has 3 aliphatic rings. The average Bonchev–Trinajstić information content (AvgIpc) is 3.82. The van der Waals surface area contributed by atoms with Gasteiger partial charge in [-0.1, -0.05) is 12.1 Å². The van der Waals surface area contributed by atoms with Crippen LogP contribution < -0.4 is 10.1 Å². The minimum absolute atomic E-state index is 0.0654. The number of halogens is 1. The lowest BCUT2D eigenvalue weighted by Gasteiger charge is -2.26. The Hall–Kier alpha value is -4.78. The van der Waals surface area contributed by atoms with Crippen molar-refractivity contribution in [2.75, 3.05) is 18.4 Å². The maximum absolute atomic E-state index is 15.6. The molecule has 5 heterocycles. The van der Waals surface area contributed by atoms with Gasteiger partial charge in [-0.3, -0.25) is 14.9 Å². The number of carbonyl (C=O) groups excluding carboxylic acids is 2. The number of likely N-dealkylation sites (tertiary alicyclic amines) is 1. The average molecular weight is 603 g/mol. The van der Waals surface area contributed by atoms with Crippen LogP contribution in [0.15, 0.2) is 54.3 Å². The second kappa shape index (κ2) is 10.8. The Balaban J connectivity index is 1.15. The monoisotopic (exact) mass is 602 g/mol. The lowest BCUT2D eigenvalue weighted by atomic mass is 9.99. The standard InChI is InChI=1S/C30H27FN6O5S/c31-23-13-18(17-3-5-19(6-4-17)42-20-7-10-35(14-20)30(40)41)12-21-22(23)15-37(28(21)39)26(27(38)34-29-32-8-11-43-29)25-24-2-1-9-36(24)16-33-25/h3-6,8,11-13,16,20,26H,1-2,7,9-10,14-15H2,(H,40,41)(H,32,34,38)/t20-,26?/m0/s1. The number of nitrogens with zero attached hydrogens (tertiary/aromatic N) is 5. The van der Waals surface area contributed by atoms with Gasteiger partial charge < -0.3 is 24.2 Å². The summed E-state index contributed by atoms with van der Waals surface area (Å²) in [6.45, 7) is 1.45. The van der Waals surface area contributed by atoms with Crippen molar-refractivity contribution in [3.05, 3.63) is 82.6 Å². The minimum Gasteiger partial charge on any atom is -0.489 e. The highest BCUT2D eigenvalue weighted by molar-refractivity contribution is 7.13. The van der Waals surface area contributed by atoms with Crippen LogP contribution in [0.2, 0.25) is 0 Å². The normalized spacial score (nSPS) is 18.1. The molecular weight excluding hydrogens is 575 g/mol. The Kier molecular flexibility index (Phi) is 6.80. The summed E-state index contributed by atoms with van der Waals surface area (Å²) in [4.78, 5) is 50.1. The number of nitrogens with one attached hydrogen (secondary N) is 1. The van der Waals surface area contributed by atoms with Gasteiger partial charge >= 0.3 is 6.09 Å². The molecule has 1 saturated heterocycles. The fourth-order valence-corrected chi connectivity index (χ4v) is 6.61. The zero-order valence-corrected chi connectivity index (χ0v) is 23.7. The fraction of sp³-hybridized carbons (Fsp3) is 0.300. The highest BCUT2D eigenvalue weighted by atomic mass is 32.1.